The molecule has 0 saturated carbocycles. The summed E-state index contributed by atoms with van der Waals surface area (Å²) in [4.78, 5) is 33.4. The average molecular weight is 444 g/mol. The number of nitrogens with one attached hydrogen (secondary N) is 2. The highest BCUT2D eigenvalue weighted by Gasteiger charge is 2.19. The Morgan fingerprint density at radius 2 is 1.79 bits per heavy atom. The van der Waals surface area contributed by atoms with Crippen molar-refractivity contribution in [3.05, 3.63) is 86.7 Å². The predicted molar refractivity (Wildman–Crippen MR) is 131 cm³/mol. The summed E-state index contributed by atoms with van der Waals surface area (Å²) in [5.41, 5.74) is 9.72. The van der Waals surface area contributed by atoms with E-state index in [1.807, 2.05) is 47.2 Å². The van der Waals surface area contributed by atoms with Gasteiger partial charge in [0.25, 0.3) is 5.56 Å². The molecule has 0 saturated heterocycles. The standard InChI is InChI=1S/C24H25N7O2/c1-29-21-20(22(32)30(2)24(29)33)31(14-15-7-9-17(25)10-8-15)23(28-21)26-12-11-16-13-27-19-6-4-3-5-18(16)19/h3-10,13,27H,11-12,14,25H2,1-2H3,(H,26,28). The molecular weight excluding hydrogens is 418 g/mol. The molecule has 0 radical (unpaired) electrons. The van der Waals surface area contributed by atoms with Crippen molar-refractivity contribution in [1.82, 2.24) is 23.7 Å². The van der Waals surface area contributed by atoms with E-state index < -0.39 is 5.69 Å². The molecule has 0 aliphatic carbocycles. The Balaban J connectivity index is 1.53. The lowest BCUT2D eigenvalue weighted by molar-refractivity contribution is 0.702. The number of para-hydroxylation sites is 1. The van der Waals surface area contributed by atoms with Crippen molar-refractivity contribution in [3.63, 3.8) is 0 Å². The normalized spacial score (nSPS) is 11.5. The number of hydrogen-bond donors (Lipinski definition) is 3. The van der Waals surface area contributed by atoms with Crippen LogP contribution in [0.25, 0.3) is 22.1 Å². The minimum atomic E-state index is -0.407. The summed E-state index contributed by atoms with van der Waals surface area (Å²) in [5, 5.41) is 4.57. The molecule has 0 unspecified atom stereocenters. The Hall–Kier alpha value is -4.27. The van der Waals surface area contributed by atoms with Gasteiger partial charge in [-0.3, -0.25) is 18.5 Å². The van der Waals surface area contributed by atoms with E-state index in [0.717, 1.165) is 22.1 Å². The van der Waals surface area contributed by atoms with Crippen molar-refractivity contribution in [3.8, 4) is 0 Å². The summed E-state index contributed by atoms with van der Waals surface area (Å²) >= 11 is 0. The van der Waals surface area contributed by atoms with Gasteiger partial charge in [0.15, 0.2) is 11.2 Å². The zero-order valence-corrected chi connectivity index (χ0v) is 18.5. The highest BCUT2D eigenvalue weighted by atomic mass is 16.2. The first-order valence-electron chi connectivity index (χ1n) is 10.7. The molecule has 4 N–H and O–H groups in total. The summed E-state index contributed by atoms with van der Waals surface area (Å²) in [7, 11) is 3.11. The lowest BCUT2D eigenvalue weighted by atomic mass is 10.1. The van der Waals surface area contributed by atoms with E-state index in [1.54, 1.807) is 7.05 Å². The van der Waals surface area contributed by atoms with E-state index in [1.165, 1.54) is 22.6 Å². The maximum Gasteiger partial charge on any atom is 0.332 e. The number of anilines is 2. The molecule has 33 heavy (non-hydrogen) atoms. The number of nitrogens with two attached hydrogens (primary N) is 1. The molecule has 5 rings (SSSR count). The number of benzene rings is 2. The molecule has 0 atom stereocenters. The van der Waals surface area contributed by atoms with Crippen molar-refractivity contribution in [2.45, 2.75) is 13.0 Å². The summed E-state index contributed by atoms with van der Waals surface area (Å²) in [6, 6.07) is 15.7. The Morgan fingerprint density at radius 3 is 2.58 bits per heavy atom. The molecule has 2 aromatic carbocycles. The minimum absolute atomic E-state index is 0.355. The van der Waals surface area contributed by atoms with Crippen molar-refractivity contribution < 1.29 is 0 Å². The summed E-state index contributed by atoms with van der Waals surface area (Å²) < 4.78 is 4.35. The number of aryl methyl sites for hydroxylation is 1. The molecule has 0 spiro atoms. The van der Waals surface area contributed by atoms with Crippen molar-refractivity contribution in [2.75, 3.05) is 17.6 Å². The van der Waals surface area contributed by atoms with E-state index >= 15 is 0 Å². The Morgan fingerprint density at radius 1 is 1.03 bits per heavy atom. The Labute approximate surface area is 189 Å². The Kier molecular flexibility index (Phi) is 5.01. The highest BCUT2D eigenvalue weighted by molar-refractivity contribution is 5.83. The second kappa shape index (κ2) is 8.01. The topological polar surface area (TPSA) is 116 Å². The molecule has 0 aliphatic heterocycles. The molecule has 3 aromatic heterocycles. The van der Waals surface area contributed by atoms with Gasteiger partial charge in [-0.1, -0.05) is 30.3 Å². The molecule has 168 valence electrons. The van der Waals surface area contributed by atoms with Crippen molar-refractivity contribution in [1.29, 1.82) is 0 Å². The van der Waals surface area contributed by atoms with Crippen LogP contribution in [0.3, 0.4) is 0 Å². The van der Waals surface area contributed by atoms with E-state index in [0.29, 0.717) is 35.9 Å². The molecule has 0 fully saturated rings. The van der Waals surface area contributed by atoms with Gasteiger partial charge in [-0.2, -0.15) is 4.98 Å². The lowest BCUT2D eigenvalue weighted by Crippen LogP contribution is -2.37. The van der Waals surface area contributed by atoms with Crippen LogP contribution < -0.4 is 22.3 Å². The number of H-pyrrole nitrogens is 1. The third-order valence-corrected chi connectivity index (χ3v) is 6.02. The molecule has 0 amide bonds. The number of fused-ring (bicyclic) bond motifs is 2. The van der Waals surface area contributed by atoms with E-state index in [-0.39, 0.29) is 5.56 Å². The van der Waals surface area contributed by atoms with Crippen LogP contribution in [0.5, 0.6) is 0 Å². The first kappa shape index (κ1) is 20.6. The van der Waals surface area contributed by atoms with Gasteiger partial charge in [0.05, 0.1) is 6.54 Å². The van der Waals surface area contributed by atoms with Crippen LogP contribution in [0.15, 0.2) is 64.3 Å². The smallest absolute Gasteiger partial charge is 0.332 e. The number of imidazole rings is 1. The SMILES string of the molecule is Cn1c(=O)c2c(nc(NCCc3c[nH]c4ccccc34)n2Cc2ccc(N)cc2)n(C)c1=O. The number of rotatable bonds is 6. The quantitative estimate of drug-likeness (QED) is 0.348. The fourth-order valence-corrected chi connectivity index (χ4v) is 4.19. The lowest BCUT2D eigenvalue weighted by Gasteiger charge is -2.11. The van der Waals surface area contributed by atoms with Gasteiger partial charge in [0, 0.05) is 43.4 Å². The highest BCUT2D eigenvalue weighted by Crippen LogP contribution is 2.20. The number of nitrogens with zero attached hydrogens (tertiary/aromatic N) is 4. The number of hydrogen-bond acceptors (Lipinski definition) is 5. The second-order valence-corrected chi connectivity index (χ2v) is 8.18. The Bertz CT molecular complexity index is 1590. The van der Waals surface area contributed by atoms with Crippen LogP contribution >= 0.6 is 0 Å². The van der Waals surface area contributed by atoms with Crippen LogP contribution in [0, 0.1) is 0 Å². The van der Waals surface area contributed by atoms with Crippen molar-refractivity contribution in [2.24, 2.45) is 14.1 Å². The van der Waals surface area contributed by atoms with Gasteiger partial charge < -0.3 is 16.0 Å². The third kappa shape index (κ3) is 3.57. The molecule has 0 bridgehead atoms. The van der Waals surface area contributed by atoms with E-state index in [2.05, 4.69) is 27.4 Å². The zero-order valence-electron chi connectivity index (χ0n) is 18.5. The third-order valence-electron chi connectivity index (χ3n) is 6.02. The fraction of sp³-hybridized carbons (Fsp3) is 0.208. The molecule has 3 heterocycles. The number of aromatic amines is 1. The summed E-state index contributed by atoms with van der Waals surface area (Å²) in [6.45, 7) is 1.03. The van der Waals surface area contributed by atoms with Crippen molar-refractivity contribution >= 4 is 33.7 Å². The van der Waals surface area contributed by atoms with Gasteiger partial charge >= 0.3 is 5.69 Å². The summed E-state index contributed by atoms with van der Waals surface area (Å²) in [5.74, 6) is 0.542. The monoisotopic (exact) mass is 443 g/mol. The summed E-state index contributed by atoms with van der Waals surface area (Å²) in [6.07, 6.45) is 2.79. The van der Waals surface area contributed by atoms with E-state index in [9.17, 15) is 9.59 Å². The number of aromatic nitrogens is 5. The maximum absolute atomic E-state index is 13.0. The van der Waals surface area contributed by atoms with Crippen LogP contribution in [0.4, 0.5) is 11.6 Å². The van der Waals surface area contributed by atoms with E-state index in [4.69, 9.17) is 5.73 Å². The van der Waals surface area contributed by atoms with Gasteiger partial charge in [-0.15, -0.1) is 0 Å². The fourth-order valence-electron chi connectivity index (χ4n) is 4.19. The second-order valence-electron chi connectivity index (χ2n) is 8.18. The van der Waals surface area contributed by atoms with Crippen LogP contribution in [-0.4, -0.2) is 30.2 Å². The van der Waals surface area contributed by atoms with Crippen LogP contribution in [-0.2, 0) is 27.1 Å². The first-order valence-corrected chi connectivity index (χ1v) is 10.7. The average Bonchev–Trinajstić information content (AvgIpc) is 3.40. The first-order chi connectivity index (χ1) is 15.9. The zero-order chi connectivity index (χ0) is 23.1. The minimum Gasteiger partial charge on any atom is -0.399 e. The maximum atomic E-state index is 13.0. The molecular formula is C24H25N7O2. The van der Waals surface area contributed by atoms with Gasteiger partial charge in [-0.05, 0) is 35.7 Å². The molecule has 9 heteroatoms. The van der Waals surface area contributed by atoms with Gasteiger partial charge in [0.1, 0.15) is 0 Å². The molecule has 0 aliphatic rings. The largest absolute Gasteiger partial charge is 0.399 e. The predicted octanol–water partition coefficient (Wildman–Crippen LogP) is 2.20. The molecule has 5 aromatic rings. The van der Waals surface area contributed by atoms with Crippen LogP contribution in [0.2, 0.25) is 0 Å². The van der Waals surface area contributed by atoms with Gasteiger partial charge in [-0.25, -0.2) is 4.79 Å². The van der Waals surface area contributed by atoms with Gasteiger partial charge in [0.2, 0.25) is 5.95 Å². The van der Waals surface area contributed by atoms with Crippen LogP contribution in [0.1, 0.15) is 11.1 Å². The molecule has 9 nitrogen and oxygen atoms in total. The number of nitrogen functional groups attached to an aromatic ring is 1.